The van der Waals surface area contributed by atoms with Crippen LogP contribution in [0.3, 0.4) is 0 Å². The summed E-state index contributed by atoms with van der Waals surface area (Å²) in [4.78, 5) is 15.9. The maximum atomic E-state index is 13.0. The summed E-state index contributed by atoms with van der Waals surface area (Å²) in [7, 11) is 0. The molecule has 3 nitrogen and oxygen atoms in total. The van der Waals surface area contributed by atoms with Gasteiger partial charge in [-0.25, -0.2) is 4.39 Å². The number of quaternary nitrogens is 1. The molecule has 126 valence electrons. The minimum atomic E-state index is -0.306. The van der Waals surface area contributed by atoms with Crippen molar-refractivity contribution in [1.29, 1.82) is 0 Å². The Hall–Kier alpha value is -2.20. The largest absolute Gasteiger partial charge is 0.332 e. The van der Waals surface area contributed by atoms with Gasteiger partial charge in [0.2, 0.25) is 0 Å². The van der Waals surface area contributed by atoms with Crippen LogP contribution in [0.4, 0.5) is 4.39 Å². The van der Waals surface area contributed by atoms with Gasteiger partial charge in [-0.2, -0.15) is 0 Å². The van der Waals surface area contributed by atoms with E-state index >= 15 is 0 Å². The van der Waals surface area contributed by atoms with Gasteiger partial charge in [0.15, 0.2) is 0 Å². The summed E-state index contributed by atoms with van der Waals surface area (Å²) < 4.78 is 13.0. The molecule has 1 aliphatic heterocycles. The minimum Gasteiger partial charge on any atom is -0.332 e. The summed E-state index contributed by atoms with van der Waals surface area (Å²) in [5, 5.41) is 0. The summed E-state index contributed by atoms with van der Waals surface area (Å²) in [5.74, 6) is -0.294. The van der Waals surface area contributed by atoms with Crippen molar-refractivity contribution in [2.45, 2.75) is 12.8 Å². The lowest BCUT2D eigenvalue weighted by Gasteiger charge is -2.32. The summed E-state index contributed by atoms with van der Waals surface area (Å²) in [6.45, 7) is 4.67. The van der Waals surface area contributed by atoms with E-state index in [1.807, 2.05) is 11.0 Å². The number of amides is 1. The van der Waals surface area contributed by atoms with Crippen molar-refractivity contribution < 1.29 is 14.1 Å². The molecule has 1 aliphatic rings. The normalized spacial score (nSPS) is 15.5. The van der Waals surface area contributed by atoms with E-state index in [1.165, 1.54) is 24.1 Å². The average Bonchev–Trinajstić information content (AvgIpc) is 2.63. The zero-order valence-electron chi connectivity index (χ0n) is 13.9. The molecule has 0 unspecified atom stereocenters. The van der Waals surface area contributed by atoms with Crippen molar-refractivity contribution in [2.75, 3.05) is 32.7 Å². The monoisotopic (exact) mass is 327 g/mol. The standard InChI is InChI=1S/C20H23FN2O/c21-19-10-8-18(9-11-19)20(24)23-15-13-22(14-16-23)12-4-7-17-5-2-1-3-6-17/h1-3,5-6,8-11H,4,7,12-16H2/p+1. The van der Waals surface area contributed by atoms with Crippen LogP contribution in [0.15, 0.2) is 54.6 Å². The highest BCUT2D eigenvalue weighted by Gasteiger charge is 2.24. The summed E-state index contributed by atoms with van der Waals surface area (Å²) in [6, 6.07) is 16.4. The van der Waals surface area contributed by atoms with Gasteiger partial charge in [-0.3, -0.25) is 4.79 Å². The van der Waals surface area contributed by atoms with Crippen molar-refractivity contribution in [1.82, 2.24) is 4.90 Å². The second-order valence-corrected chi connectivity index (χ2v) is 6.39. The third kappa shape index (κ3) is 4.42. The number of hydrogen-bond donors (Lipinski definition) is 1. The van der Waals surface area contributed by atoms with Crippen molar-refractivity contribution in [3.05, 3.63) is 71.5 Å². The number of rotatable bonds is 5. The second-order valence-electron chi connectivity index (χ2n) is 6.39. The van der Waals surface area contributed by atoms with Gasteiger partial charge in [-0.05, 0) is 36.2 Å². The fraction of sp³-hybridized carbons (Fsp3) is 0.350. The summed E-state index contributed by atoms with van der Waals surface area (Å²) in [6.07, 6.45) is 2.29. The number of aryl methyl sites for hydroxylation is 1. The summed E-state index contributed by atoms with van der Waals surface area (Å²) in [5.41, 5.74) is 1.96. The van der Waals surface area contributed by atoms with E-state index in [2.05, 4.69) is 24.3 Å². The van der Waals surface area contributed by atoms with Crippen LogP contribution in [0.2, 0.25) is 0 Å². The Bertz CT molecular complexity index is 649. The zero-order chi connectivity index (χ0) is 16.8. The van der Waals surface area contributed by atoms with Gasteiger partial charge in [0, 0.05) is 12.0 Å². The Morgan fingerprint density at radius 1 is 1.00 bits per heavy atom. The Kier molecular flexibility index (Phi) is 5.59. The van der Waals surface area contributed by atoms with E-state index in [9.17, 15) is 9.18 Å². The van der Waals surface area contributed by atoms with Gasteiger partial charge in [-0.1, -0.05) is 30.3 Å². The van der Waals surface area contributed by atoms with Crippen molar-refractivity contribution >= 4 is 5.91 Å². The molecule has 0 aliphatic carbocycles. The predicted octanol–water partition coefficient (Wildman–Crippen LogP) is 1.80. The maximum absolute atomic E-state index is 13.0. The lowest BCUT2D eigenvalue weighted by Crippen LogP contribution is -3.14. The van der Waals surface area contributed by atoms with E-state index in [0.717, 1.165) is 39.1 Å². The molecular formula is C20H24FN2O+. The molecule has 2 aromatic carbocycles. The molecule has 2 aromatic rings. The van der Waals surface area contributed by atoms with E-state index in [0.29, 0.717) is 5.56 Å². The third-order valence-electron chi connectivity index (χ3n) is 4.69. The first-order valence-corrected chi connectivity index (χ1v) is 8.65. The zero-order valence-corrected chi connectivity index (χ0v) is 13.9. The third-order valence-corrected chi connectivity index (χ3v) is 4.69. The maximum Gasteiger partial charge on any atom is 0.254 e. The Labute approximate surface area is 142 Å². The number of piperazine rings is 1. The fourth-order valence-electron chi connectivity index (χ4n) is 3.24. The van der Waals surface area contributed by atoms with Crippen LogP contribution >= 0.6 is 0 Å². The first-order chi connectivity index (χ1) is 11.7. The van der Waals surface area contributed by atoms with Gasteiger partial charge in [0.05, 0.1) is 32.7 Å². The van der Waals surface area contributed by atoms with Gasteiger partial charge < -0.3 is 9.80 Å². The second kappa shape index (κ2) is 8.06. The molecule has 4 heteroatoms. The summed E-state index contributed by atoms with van der Waals surface area (Å²) >= 11 is 0. The van der Waals surface area contributed by atoms with Crippen LogP contribution in [0.5, 0.6) is 0 Å². The average molecular weight is 327 g/mol. The first-order valence-electron chi connectivity index (χ1n) is 8.65. The van der Waals surface area contributed by atoms with E-state index in [-0.39, 0.29) is 11.7 Å². The van der Waals surface area contributed by atoms with Crippen LogP contribution < -0.4 is 4.90 Å². The molecule has 3 rings (SSSR count). The van der Waals surface area contributed by atoms with Crippen LogP contribution in [0, 0.1) is 5.82 Å². The lowest BCUT2D eigenvalue weighted by molar-refractivity contribution is -0.904. The molecule has 1 fully saturated rings. The van der Waals surface area contributed by atoms with Crippen LogP contribution in [0.25, 0.3) is 0 Å². The molecule has 1 saturated heterocycles. The Morgan fingerprint density at radius 2 is 1.67 bits per heavy atom. The Balaban J connectivity index is 1.42. The van der Waals surface area contributed by atoms with Crippen molar-refractivity contribution in [3.63, 3.8) is 0 Å². The molecule has 0 radical (unpaired) electrons. The molecular weight excluding hydrogens is 303 g/mol. The van der Waals surface area contributed by atoms with E-state index < -0.39 is 0 Å². The SMILES string of the molecule is O=C(c1ccc(F)cc1)N1CC[NH+](CCCc2ccccc2)CC1. The number of nitrogens with zero attached hydrogens (tertiary/aromatic N) is 1. The number of hydrogen-bond acceptors (Lipinski definition) is 1. The quantitative estimate of drug-likeness (QED) is 0.890. The highest BCUT2D eigenvalue weighted by atomic mass is 19.1. The molecule has 24 heavy (non-hydrogen) atoms. The fourth-order valence-corrected chi connectivity index (χ4v) is 3.24. The Morgan fingerprint density at radius 3 is 2.33 bits per heavy atom. The highest BCUT2D eigenvalue weighted by Crippen LogP contribution is 2.07. The predicted molar refractivity (Wildman–Crippen MR) is 92.6 cm³/mol. The molecule has 1 amide bonds. The number of halogens is 1. The number of benzene rings is 2. The van der Waals surface area contributed by atoms with Gasteiger partial charge in [0.1, 0.15) is 5.82 Å². The number of nitrogens with one attached hydrogen (secondary N) is 1. The minimum absolute atomic E-state index is 0.0123. The van der Waals surface area contributed by atoms with Crippen LogP contribution in [-0.2, 0) is 6.42 Å². The molecule has 0 bridgehead atoms. The topological polar surface area (TPSA) is 24.8 Å². The van der Waals surface area contributed by atoms with Crippen molar-refractivity contribution in [3.8, 4) is 0 Å². The molecule has 0 aromatic heterocycles. The van der Waals surface area contributed by atoms with Gasteiger partial charge in [0.25, 0.3) is 5.91 Å². The van der Waals surface area contributed by atoms with Crippen LogP contribution in [-0.4, -0.2) is 43.5 Å². The van der Waals surface area contributed by atoms with Gasteiger partial charge in [-0.15, -0.1) is 0 Å². The molecule has 0 saturated carbocycles. The number of carbonyl (C=O) groups is 1. The van der Waals surface area contributed by atoms with E-state index in [1.54, 1.807) is 17.0 Å². The van der Waals surface area contributed by atoms with Gasteiger partial charge >= 0.3 is 0 Å². The lowest BCUT2D eigenvalue weighted by atomic mass is 10.1. The van der Waals surface area contributed by atoms with E-state index in [4.69, 9.17) is 0 Å². The van der Waals surface area contributed by atoms with Crippen molar-refractivity contribution in [2.24, 2.45) is 0 Å². The molecule has 1 heterocycles. The molecule has 0 spiro atoms. The van der Waals surface area contributed by atoms with Crippen LogP contribution in [0.1, 0.15) is 22.3 Å². The molecule has 0 atom stereocenters. The highest BCUT2D eigenvalue weighted by molar-refractivity contribution is 5.94. The molecule has 1 N–H and O–H groups in total. The number of carbonyl (C=O) groups excluding carboxylic acids is 1. The first kappa shape index (κ1) is 16.7. The smallest absolute Gasteiger partial charge is 0.254 e.